The molecule has 6 heteroatoms. The molecular formula is C15H11Cl2NO3. The van der Waals surface area contributed by atoms with Crippen molar-refractivity contribution in [1.82, 2.24) is 0 Å². The molecule has 0 spiro atoms. The molecule has 2 aromatic carbocycles. The van der Waals surface area contributed by atoms with Gasteiger partial charge < -0.3 is 10.8 Å². The van der Waals surface area contributed by atoms with Gasteiger partial charge in [-0.25, -0.2) is 0 Å². The van der Waals surface area contributed by atoms with Crippen LogP contribution in [0.4, 0.5) is 0 Å². The van der Waals surface area contributed by atoms with Crippen LogP contribution in [0.1, 0.15) is 27.5 Å². The van der Waals surface area contributed by atoms with E-state index < -0.39 is 12.0 Å². The van der Waals surface area contributed by atoms with E-state index in [1.165, 1.54) is 18.2 Å². The minimum atomic E-state index is -1.17. The molecule has 2 rings (SSSR count). The summed E-state index contributed by atoms with van der Waals surface area (Å²) in [4.78, 5) is 23.3. The molecule has 1 unspecified atom stereocenters. The van der Waals surface area contributed by atoms with Crippen LogP contribution in [0, 0.1) is 0 Å². The summed E-state index contributed by atoms with van der Waals surface area (Å²) in [6.45, 7) is 0. The largest absolute Gasteiger partial charge is 0.480 e. The monoisotopic (exact) mass is 323 g/mol. The number of benzene rings is 2. The molecule has 0 radical (unpaired) electrons. The predicted octanol–water partition coefficient (Wildman–Crippen LogP) is 3.31. The number of carbonyl (C=O) groups excluding carboxylic acids is 1. The van der Waals surface area contributed by atoms with E-state index in [2.05, 4.69) is 0 Å². The number of carboxylic acids is 1. The quantitative estimate of drug-likeness (QED) is 0.846. The molecule has 0 saturated heterocycles. The average molecular weight is 324 g/mol. The van der Waals surface area contributed by atoms with Gasteiger partial charge in [0.05, 0.1) is 10.0 Å². The molecule has 4 nitrogen and oxygen atoms in total. The van der Waals surface area contributed by atoms with E-state index in [9.17, 15) is 9.59 Å². The maximum absolute atomic E-state index is 12.4. The fourth-order valence-corrected chi connectivity index (χ4v) is 2.12. The Morgan fingerprint density at radius 1 is 1.00 bits per heavy atom. The highest BCUT2D eigenvalue weighted by Crippen LogP contribution is 2.24. The van der Waals surface area contributed by atoms with Gasteiger partial charge in [-0.3, -0.25) is 9.59 Å². The van der Waals surface area contributed by atoms with Gasteiger partial charge in [-0.2, -0.15) is 0 Å². The predicted molar refractivity (Wildman–Crippen MR) is 80.9 cm³/mol. The number of rotatable bonds is 4. The van der Waals surface area contributed by atoms with Crippen LogP contribution >= 0.6 is 23.2 Å². The minimum absolute atomic E-state index is 0.279. The third-order valence-corrected chi connectivity index (χ3v) is 3.69. The van der Waals surface area contributed by atoms with Crippen LogP contribution in [0.15, 0.2) is 42.5 Å². The molecule has 0 fully saturated rings. The van der Waals surface area contributed by atoms with Crippen molar-refractivity contribution in [2.45, 2.75) is 6.04 Å². The first kappa shape index (κ1) is 15.5. The molecule has 0 amide bonds. The van der Waals surface area contributed by atoms with Crippen LogP contribution in [0.5, 0.6) is 0 Å². The van der Waals surface area contributed by atoms with E-state index in [1.54, 1.807) is 24.3 Å². The van der Waals surface area contributed by atoms with Gasteiger partial charge in [0.15, 0.2) is 5.78 Å². The zero-order valence-electron chi connectivity index (χ0n) is 10.7. The van der Waals surface area contributed by atoms with Gasteiger partial charge in [0.25, 0.3) is 0 Å². The zero-order chi connectivity index (χ0) is 15.6. The number of hydrogen-bond donors (Lipinski definition) is 2. The fraction of sp³-hybridized carbons (Fsp3) is 0.0667. The summed E-state index contributed by atoms with van der Waals surface area (Å²) >= 11 is 11.7. The van der Waals surface area contributed by atoms with Gasteiger partial charge in [0.2, 0.25) is 0 Å². The van der Waals surface area contributed by atoms with Crippen molar-refractivity contribution < 1.29 is 14.7 Å². The van der Waals surface area contributed by atoms with Gasteiger partial charge >= 0.3 is 5.97 Å². The maximum Gasteiger partial charge on any atom is 0.325 e. The van der Waals surface area contributed by atoms with Crippen molar-refractivity contribution in [1.29, 1.82) is 0 Å². The summed E-state index contributed by atoms with van der Waals surface area (Å²) in [5.74, 6) is -1.44. The van der Waals surface area contributed by atoms with Crippen LogP contribution in [0.25, 0.3) is 0 Å². The Morgan fingerprint density at radius 2 is 1.67 bits per heavy atom. The lowest BCUT2D eigenvalue weighted by atomic mass is 9.99. The van der Waals surface area contributed by atoms with E-state index in [-0.39, 0.29) is 10.8 Å². The van der Waals surface area contributed by atoms with Gasteiger partial charge in [-0.1, -0.05) is 41.4 Å². The summed E-state index contributed by atoms with van der Waals surface area (Å²) in [7, 11) is 0. The van der Waals surface area contributed by atoms with Crippen LogP contribution < -0.4 is 5.73 Å². The van der Waals surface area contributed by atoms with Crippen LogP contribution in [0.2, 0.25) is 10.0 Å². The highest BCUT2D eigenvalue weighted by molar-refractivity contribution is 6.42. The molecule has 0 aromatic heterocycles. The Hall–Kier alpha value is -1.88. The van der Waals surface area contributed by atoms with E-state index >= 15 is 0 Å². The molecule has 2 aromatic rings. The van der Waals surface area contributed by atoms with Crippen LogP contribution in [-0.2, 0) is 4.79 Å². The van der Waals surface area contributed by atoms with Crippen molar-refractivity contribution >= 4 is 35.0 Å². The number of nitrogens with two attached hydrogens (primary N) is 1. The molecule has 0 aliphatic heterocycles. The molecule has 1 atom stereocenters. The summed E-state index contributed by atoms with van der Waals surface area (Å²) < 4.78 is 0. The van der Waals surface area contributed by atoms with E-state index in [0.717, 1.165) is 0 Å². The topological polar surface area (TPSA) is 80.4 Å². The standard InChI is InChI=1S/C15H11Cl2NO3/c16-11-5-4-10(7-12(11)17)14(19)9-3-1-2-8(6-9)13(18)15(20)21/h1-7,13H,18H2,(H,20,21). The Bertz CT molecular complexity index is 716. The minimum Gasteiger partial charge on any atom is -0.480 e. The molecule has 0 heterocycles. The molecule has 3 N–H and O–H groups in total. The summed E-state index contributed by atoms with van der Waals surface area (Å²) in [5.41, 5.74) is 6.60. The molecular weight excluding hydrogens is 313 g/mol. The molecule has 108 valence electrons. The number of ketones is 1. The van der Waals surface area contributed by atoms with Gasteiger partial charge in [0.1, 0.15) is 6.04 Å². The summed E-state index contributed by atoms with van der Waals surface area (Å²) in [6.07, 6.45) is 0. The Kier molecular flexibility index (Phi) is 4.63. The highest BCUT2D eigenvalue weighted by atomic mass is 35.5. The highest BCUT2D eigenvalue weighted by Gasteiger charge is 2.17. The number of carbonyl (C=O) groups is 2. The van der Waals surface area contributed by atoms with Crippen molar-refractivity contribution in [2.75, 3.05) is 0 Å². The second-order valence-corrected chi connectivity index (χ2v) is 5.21. The van der Waals surface area contributed by atoms with Crippen LogP contribution in [-0.4, -0.2) is 16.9 Å². The Labute approximate surface area is 131 Å². The van der Waals surface area contributed by atoms with Gasteiger partial charge in [-0.05, 0) is 29.8 Å². The second-order valence-electron chi connectivity index (χ2n) is 4.40. The van der Waals surface area contributed by atoms with Gasteiger partial charge in [-0.15, -0.1) is 0 Å². The molecule has 0 bridgehead atoms. The normalized spacial score (nSPS) is 12.0. The van der Waals surface area contributed by atoms with E-state index in [4.69, 9.17) is 34.0 Å². The third kappa shape index (κ3) is 3.42. The average Bonchev–Trinajstić information content (AvgIpc) is 2.48. The van der Waals surface area contributed by atoms with Crippen molar-refractivity contribution in [3.05, 3.63) is 69.2 Å². The van der Waals surface area contributed by atoms with Crippen molar-refractivity contribution in [3.8, 4) is 0 Å². The number of aliphatic carboxylic acids is 1. The summed E-state index contributed by atoms with van der Waals surface area (Å²) in [6, 6.07) is 9.58. The number of carboxylic acid groups (broad SMARTS) is 1. The molecule has 0 aliphatic rings. The first-order valence-electron chi connectivity index (χ1n) is 5.98. The van der Waals surface area contributed by atoms with Crippen molar-refractivity contribution in [2.24, 2.45) is 5.73 Å². The first-order valence-corrected chi connectivity index (χ1v) is 6.74. The first-order chi connectivity index (χ1) is 9.90. The lowest BCUT2D eigenvalue weighted by Gasteiger charge is -2.09. The Balaban J connectivity index is 2.37. The molecule has 0 saturated carbocycles. The second kappa shape index (κ2) is 6.26. The number of halogens is 2. The van der Waals surface area contributed by atoms with Crippen LogP contribution in [0.3, 0.4) is 0 Å². The fourth-order valence-electron chi connectivity index (χ4n) is 1.82. The van der Waals surface area contributed by atoms with E-state index in [1.807, 2.05) is 0 Å². The molecule has 21 heavy (non-hydrogen) atoms. The van der Waals surface area contributed by atoms with Crippen molar-refractivity contribution in [3.63, 3.8) is 0 Å². The SMILES string of the molecule is NC(C(=O)O)c1cccc(C(=O)c2ccc(Cl)c(Cl)c2)c1. The zero-order valence-corrected chi connectivity index (χ0v) is 12.2. The molecule has 0 aliphatic carbocycles. The number of hydrogen-bond acceptors (Lipinski definition) is 3. The third-order valence-electron chi connectivity index (χ3n) is 2.96. The Morgan fingerprint density at radius 3 is 2.29 bits per heavy atom. The maximum atomic E-state index is 12.4. The van der Waals surface area contributed by atoms with Gasteiger partial charge in [0, 0.05) is 11.1 Å². The smallest absolute Gasteiger partial charge is 0.325 e. The summed E-state index contributed by atoms with van der Waals surface area (Å²) in [5, 5.41) is 9.54. The lowest BCUT2D eigenvalue weighted by Crippen LogP contribution is -2.20. The lowest BCUT2D eigenvalue weighted by molar-refractivity contribution is -0.138. The van der Waals surface area contributed by atoms with E-state index in [0.29, 0.717) is 21.7 Å².